The molecule has 0 saturated heterocycles. The maximum atomic E-state index is 13.0. The van der Waals surface area contributed by atoms with Crippen LogP contribution in [0.5, 0.6) is 0 Å². The summed E-state index contributed by atoms with van der Waals surface area (Å²) in [6, 6.07) is 13.9. The van der Waals surface area contributed by atoms with Crippen LogP contribution in [0, 0.1) is 0 Å². The predicted octanol–water partition coefficient (Wildman–Crippen LogP) is 4.55. The number of nitrogens with two attached hydrogens (primary N) is 1. The van der Waals surface area contributed by atoms with Gasteiger partial charge in [-0.2, -0.15) is 0 Å². The van der Waals surface area contributed by atoms with Crippen LogP contribution in [0.1, 0.15) is 74.9 Å². The van der Waals surface area contributed by atoms with Crippen molar-refractivity contribution < 1.29 is 14.4 Å². The highest BCUT2D eigenvalue weighted by Gasteiger charge is 2.47. The summed E-state index contributed by atoms with van der Waals surface area (Å²) >= 11 is 0. The first-order valence-corrected chi connectivity index (χ1v) is 11.4. The van der Waals surface area contributed by atoms with Crippen LogP contribution in [0.15, 0.2) is 47.6 Å². The fourth-order valence-electron chi connectivity index (χ4n) is 4.55. The molecule has 32 heavy (non-hydrogen) atoms. The fourth-order valence-corrected chi connectivity index (χ4v) is 4.55. The maximum Gasteiger partial charge on any atom is 0.331 e. The standard InChI is InChI=1S/C26H33N3O3/c1-5-7-15-28-26(24(27)10-6-2)22-12-9-8-11-20(22)21-14-13-19(16-23(21)26)25(31)17(3)29-32-18(4)30/h8-9,11-14,16,24,28H,5-7,10,15,27H2,1-4H3/b29-17-. The normalized spacial score (nSPS) is 18.1. The van der Waals surface area contributed by atoms with Crippen molar-refractivity contribution in [3.63, 3.8) is 0 Å². The van der Waals surface area contributed by atoms with E-state index in [0.29, 0.717) is 5.56 Å². The number of nitrogens with one attached hydrogen (secondary N) is 1. The molecule has 170 valence electrons. The minimum absolute atomic E-state index is 0.123. The van der Waals surface area contributed by atoms with Gasteiger partial charge in [-0.05, 0) is 54.6 Å². The minimum atomic E-state index is -0.575. The smallest absolute Gasteiger partial charge is 0.326 e. The third-order valence-corrected chi connectivity index (χ3v) is 6.08. The van der Waals surface area contributed by atoms with Crippen LogP contribution < -0.4 is 11.1 Å². The van der Waals surface area contributed by atoms with Crippen LogP contribution in [0.4, 0.5) is 0 Å². The van der Waals surface area contributed by atoms with Gasteiger partial charge in [-0.1, -0.05) is 68.2 Å². The van der Waals surface area contributed by atoms with Gasteiger partial charge in [-0.3, -0.25) is 4.79 Å². The average Bonchev–Trinajstić information content (AvgIpc) is 3.07. The molecule has 0 saturated carbocycles. The second-order valence-electron chi connectivity index (χ2n) is 8.38. The van der Waals surface area contributed by atoms with Gasteiger partial charge in [0.05, 0.1) is 5.54 Å². The Morgan fingerprint density at radius 2 is 1.78 bits per heavy atom. The van der Waals surface area contributed by atoms with Gasteiger partial charge in [0.1, 0.15) is 5.71 Å². The molecular formula is C26H33N3O3. The zero-order valence-electron chi connectivity index (χ0n) is 19.4. The molecule has 6 nitrogen and oxygen atoms in total. The Balaban J connectivity index is 2.15. The lowest BCUT2D eigenvalue weighted by Gasteiger charge is -2.39. The molecule has 3 N–H and O–H groups in total. The molecule has 2 atom stereocenters. The first-order chi connectivity index (χ1) is 15.4. The number of oxime groups is 1. The Labute approximate surface area is 190 Å². The Kier molecular flexibility index (Phi) is 7.59. The number of Topliss-reactive ketones (excluding diaryl/α,β-unsaturated/α-hetero) is 1. The van der Waals surface area contributed by atoms with Crippen molar-refractivity contribution in [2.45, 2.75) is 65.0 Å². The molecule has 0 spiro atoms. The third-order valence-electron chi connectivity index (χ3n) is 6.08. The number of nitrogens with zero attached hydrogens (tertiary/aromatic N) is 1. The monoisotopic (exact) mass is 435 g/mol. The van der Waals surface area contributed by atoms with Crippen molar-refractivity contribution >= 4 is 17.5 Å². The zero-order valence-corrected chi connectivity index (χ0v) is 19.4. The predicted molar refractivity (Wildman–Crippen MR) is 128 cm³/mol. The minimum Gasteiger partial charge on any atom is -0.326 e. The number of unbranched alkanes of at least 4 members (excludes halogenated alkanes) is 1. The summed E-state index contributed by atoms with van der Waals surface area (Å²) in [6.07, 6.45) is 3.91. The van der Waals surface area contributed by atoms with Crippen molar-refractivity contribution in [2.24, 2.45) is 10.9 Å². The van der Waals surface area contributed by atoms with Gasteiger partial charge in [-0.25, -0.2) is 4.79 Å². The summed E-state index contributed by atoms with van der Waals surface area (Å²) in [4.78, 5) is 28.8. The number of hydrogen-bond donors (Lipinski definition) is 2. The highest BCUT2D eigenvalue weighted by Crippen LogP contribution is 2.49. The van der Waals surface area contributed by atoms with Crippen molar-refractivity contribution in [3.8, 4) is 11.1 Å². The van der Waals surface area contributed by atoms with E-state index in [9.17, 15) is 9.59 Å². The van der Waals surface area contributed by atoms with Gasteiger partial charge in [0.25, 0.3) is 0 Å². The third kappa shape index (κ3) is 4.38. The summed E-state index contributed by atoms with van der Waals surface area (Å²) in [5.74, 6) is -0.845. The molecule has 0 aromatic heterocycles. The summed E-state index contributed by atoms with van der Waals surface area (Å²) in [5.41, 5.74) is 11.3. The molecule has 0 radical (unpaired) electrons. The van der Waals surface area contributed by atoms with Gasteiger partial charge in [-0.15, -0.1) is 0 Å². The van der Waals surface area contributed by atoms with E-state index in [2.05, 4.69) is 41.3 Å². The van der Waals surface area contributed by atoms with E-state index in [0.717, 1.165) is 54.5 Å². The number of benzene rings is 2. The average molecular weight is 436 g/mol. The second kappa shape index (κ2) is 10.2. The van der Waals surface area contributed by atoms with Crippen LogP contribution in [-0.2, 0) is 15.2 Å². The Bertz CT molecular complexity index is 1030. The molecule has 6 heteroatoms. The molecule has 0 fully saturated rings. The van der Waals surface area contributed by atoms with Gasteiger partial charge in [0.2, 0.25) is 5.78 Å². The van der Waals surface area contributed by atoms with E-state index < -0.39 is 11.5 Å². The Morgan fingerprint density at radius 1 is 1.06 bits per heavy atom. The van der Waals surface area contributed by atoms with Gasteiger partial charge < -0.3 is 15.9 Å². The largest absolute Gasteiger partial charge is 0.331 e. The molecule has 1 aliphatic rings. The van der Waals surface area contributed by atoms with Crippen molar-refractivity contribution in [1.82, 2.24) is 5.32 Å². The molecule has 2 aromatic rings. The molecule has 1 aliphatic carbocycles. The molecule has 3 rings (SSSR count). The van der Waals surface area contributed by atoms with E-state index >= 15 is 0 Å². The SMILES string of the molecule is CCCCNC1(C(N)CCC)c2ccccc2-c2ccc(C(=O)/C(C)=N\OC(C)=O)cc21. The number of ketones is 1. The van der Waals surface area contributed by atoms with Crippen LogP contribution in [0.25, 0.3) is 11.1 Å². The second-order valence-corrected chi connectivity index (χ2v) is 8.38. The van der Waals surface area contributed by atoms with E-state index in [4.69, 9.17) is 5.73 Å². The van der Waals surface area contributed by atoms with Crippen molar-refractivity contribution in [2.75, 3.05) is 6.54 Å². The molecule has 0 bridgehead atoms. The highest BCUT2D eigenvalue weighted by atomic mass is 16.7. The summed E-state index contributed by atoms with van der Waals surface area (Å²) in [5, 5.41) is 7.46. The van der Waals surface area contributed by atoms with Crippen LogP contribution in [-0.4, -0.2) is 30.1 Å². The molecule has 0 heterocycles. The lowest BCUT2D eigenvalue weighted by atomic mass is 9.78. The topological polar surface area (TPSA) is 93.8 Å². The molecule has 0 amide bonds. The quantitative estimate of drug-likeness (QED) is 0.188. The number of fused-ring (bicyclic) bond motifs is 3. The molecule has 2 aromatic carbocycles. The fraction of sp³-hybridized carbons (Fsp3) is 0.423. The van der Waals surface area contributed by atoms with Crippen molar-refractivity contribution in [1.29, 1.82) is 0 Å². The van der Waals surface area contributed by atoms with E-state index in [1.165, 1.54) is 6.92 Å². The lowest BCUT2D eigenvalue weighted by Crippen LogP contribution is -2.55. The molecule has 2 unspecified atom stereocenters. The van der Waals surface area contributed by atoms with E-state index in [1.807, 2.05) is 24.3 Å². The first-order valence-electron chi connectivity index (χ1n) is 11.4. The number of carbonyl (C=O) groups is 2. The number of rotatable bonds is 10. The maximum absolute atomic E-state index is 13.0. The van der Waals surface area contributed by atoms with Crippen LogP contribution in [0.3, 0.4) is 0 Å². The van der Waals surface area contributed by atoms with E-state index in [-0.39, 0.29) is 17.5 Å². The summed E-state index contributed by atoms with van der Waals surface area (Å²) in [7, 11) is 0. The first kappa shape index (κ1) is 23.8. The number of carbonyl (C=O) groups excluding carboxylic acids is 2. The molecule has 0 aliphatic heterocycles. The lowest BCUT2D eigenvalue weighted by molar-refractivity contribution is -0.140. The number of hydrogen-bond acceptors (Lipinski definition) is 6. The van der Waals surface area contributed by atoms with Crippen molar-refractivity contribution in [3.05, 3.63) is 59.2 Å². The van der Waals surface area contributed by atoms with Crippen LogP contribution in [0.2, 0.25) is 0 Å². The summed E-state index contributed by atoms with van der Waals surface area (Å²) < 4.78 is 0. The molecular weight excluding hydrogens is 402 g/mol. The Hall–Kier alpha value is -2.83. The van der Waals surface area contributed by atoms with Gasteiger partial charge in [0.15, 0.2) is 0 Å². The zero-order chi connectivity index (χ0) is 23.3. The summed E-state index contributed by atoms with van der Waals surface area (Å²) in [6.45, 7) is 7.92. The van der Waals surface area contributed by atoms with Gasteiger partial charge >= 0.3 is 5.97 Å². The van der Waals surface area contributed by atoms with Crippen LogP contribution >= 0.6 is 0 Å². The highest BCUT2D eigenvalue weighted by molar-refractivity contribution is 6.45. The van der Waals surface area contributed by atoms with E-state index in [1.54, 1.807) is 13.0 Å². The Morgan fingerprint density at radius 3 is 2.47 bits per heavy atom. The van der Waals surface area contributed by atoms with Gasteiger partial charge in [0, 0.05) is 18.5 Å².